The average molecular weight is 213 g/mol. The summed E-state index contributed by atoms with van der Waals surface area (Å²) in [6, 6.07) is 0. The van der Waals surface area contributed by atoms with Crippen molar-refractivity contribution in [2.24, 2.45) is 11.1 Å². The van der Waals surface area contributed by atoms with Gasteiger partial charge in [-0.15, -0.1) is 0 Å². The van der Waals surface area contributed by atoms with E-state index >= 15 is 0 Å². The molecule has 1 N–H and O–H groups in total. The lowest BCUT2D eigenvalue weighted by atomic mass is 9.96. The third-order valence-corrected chi connectivity index (χ3v) is 2.28. The van der Waals surface area contributed by atoms with Crippen LogP contribution in [0.25, 0.3) is 0 Å². The third kappa shape index (κ3) is 5.54. The first kappa shape index (κ1) is 12.2. The summed E-state index contributed by atoms with van der Waals surface area (Å²) in [6.45, 7) is 0.467. The van der Waals surface area contributed by atoms with Crippen molar-refractivity contribution in [1.82, 2.24) is 0 Å². The molecule has 0 aliphatic heterocycles. The molecule has 0 saturated heterocycles. The van der Waals surface area contributed by atoms with Gasteiger partial charge < -0.3 is 14.7 Å². The maximum absolute atomic E-state index is 9.25. The fraction of sp³-hybridized carbons (Fsp3) is 0.727. The topological polar surface area (TPSA) is 51.0 Å². The van der Waals surface area contributed by atoms with Gasteiger partial charge in [0.25, 0.3) is 0 Å². The molecule has 15 heavy (non-hydrogen) atoms. The Labute approximate surface area is 90.6 Å². The Kier molecular flexibility index (Phi) is 6.04. The lowest BCUT2D eigenvalue weighted by Crippen LogP contribution is -2.19. The van der Waals surface area contributed by atoms with Crippen LogP contribution in [0.2, 0.25) is 0 Å². The quantitative estimate of drug-likeness (QED) is 0.411. The first-order valence-corrected chi connectivity index (χ1v) is 5.30. The van der Waals surface area contributed by atoms with Gasteiger partial charge in [-0.3, -0.25) is 0 Å². The molecule has 0 spiro atoms. The minimum atomic E-state index is -0.599. The summed E-state index contributed by atoms with van der Waals surface area (Å²) in [7, 11) is 1.54. The van der Waals surface area contributed by atoms with Crippen LogP contribution in [-0.4, -0.2) is 37.7 Å². The summed E-state index contributed by atoms with van der Waals surface area (Å²) in [5, 5.41) is 13.1. The number of oxime groups is 1. The Hall–Kier alpha value is -0.870. The first-order chi connectivity index (χ1) is 7.33. The predicted octanol–water partition coefficient (Wildman–Crippen LogP) is 1.35. The molecule has 4 nitrogen and oxygen atoms in total. The number of allylic oxidation sites excluding steroid dienone is 2. The molecule has 1 aliphatic carbocycles. The maximum atomic E-state index is 9.25. The average Bonchev–Trinajstić information content (AvgIpc) is 2.26. The highest BCUT2D eigenvalue weighted by Crippen LogP contribution is 2.15. The van der Waals surface area contributed by atoms with E-state index in [9.17, 15) is 5.11 Å². The normalized spacial score (nSPS) is 23.2. The molecular formula is C11H19NO3. The van der Waals surface area contributed by atoms with Gasteiger partial charge in [0.05, 0.1) is 6.61 Å². The Morgan fingerprint density at radius 2 is 2.40 bits per heavy atom. The van der Waals surface area contributed by atoms with Gasteiger partial charge in [0.15, 0.2) is 0 Å². The molecular weight excluding hydrogens is 194 g/mol. The van der Waals surface area contributed by atoms with Crippen molar-refractivity contribution in [2.75, 3.05) is 20.3 Å². The summed E-state index contributed by atoms with van der Waals surface area (Å²) in [5.41, 5.74) is 0. The van der Waals surface area contributed by atoms with E-state index in [1.807, 2.05) is 6.21 Å². The van der Waals surface area contributed by atoms with E-state index in [1.54, 1.807) is 7.11 Å². The van der Waals surface area contributed by atoms with Crippen LogP contribution in [0.5, 0.6) is 0 Å². The van der Waals surface area contributed by atoms with E-state index in [-0.39, 0.29) is 13.2 Å². The number of ether oxygens (including phenoxy) is 1. The number of aliphatic hydroxyl groups excluding tert-OH is 1. The third-order valence-electron chi connectivity index (χ3n) is 2.28. The van der Waals surface area contributed by atoms with Gasteiger partial charge in [-0.25, -0.2) is 0 Å². The molecule has 2 unspecified atom stereocenters. The van der Waals surface area contributed by atoms with Gasteiger partial charge >= 0.3 is 0 Å². The van der Waals surface area contributed by atoms with Crippen LogP contribution in [0.3, 0.4) is 0 Å². The molecule has 86 valence electrons. The summed E-state index contributed by atoms with van der Waals surface area (Å²) < 4.78 is 4.76. The molecule has 0 amide bonds. The van der Waals surface area contributed by atoms with Crippen LogP contribution in [0.4, 0.5) is 0 Å². The summed E-state index contributed by atoms with van der Waals surface area (Å²) in [6.07, 6.45) is 8.86. The van der Waals surface area contributed by atoms with Gasteiger partial charge in [-0.2, -0.15) is 0 Å². The molecule has 1 rings (SSSR count). The number of methoxy groups -OCH3 is 1. The van der Waals surface area contributed by atoms with E-state index in [4.69, 9.17) is 9.57 Å². The van der Waals surface area contributed by atoms with Gasteiger partial charge in [-0.05, 0) is 19.3 Å². The fourth-order valence-corrected chi connectivity index (χ4v) is 1.45. The minimum absolute atomic E-state index is 0.187. The molecule has 1 aliphatic rings. The van der Waals surface area contributed by atoms with Gasteiger partial charge in [0.1, 0.15) is 12.7 Å². The second kappa shape index (κ2) is 7.43. The van der Waals surface area contributed by atoms with Crippen molar-refractivity contribution >= 4 is 6.21 Å². The maximum Gasteiger partial charge on any atom is 0.145 e. The van der Waals surface area contributed by atoms with Crippen molar-refractivity contribution in [2.45, 2.75) is 25.4 Å². The molecule has 0 heterocycles. The standard InChI is InChI=1S/C11H19NO3/c1-14-8-11(13)9-15-12-7-10-5-3-2-4-6-10/h2-3,7,10-11,13H,4-6,8-9H2,1H3/b12-7+. The van der Waals surface area contributed by atoms with Crippen LogP contribution < -0.4 is 0 Å². The van der Waals surface area contributed by atoms with Crippen molar-refractivity contribution in [3.8, 4) is 0 Å². The fourth-order valence-electron chi connectivity index (χ4n) is 1.45. The van der Waals surface area contributed by atoms with Crippen molar-refractivity contribution in [3.63, 3.8) is 0 Å². The highest BCUT2D eigenvalue weighted by atomic mass is 16.6. The second-order valence-electron chi connectivity index (χ2n) is 3.70. The predicted molar refractivity (Wildman–Crippen MR) is 58.8 cm³/mol. The summed E-state index contributed by atoms with van der Waals surface area (Å²) in [4.78, 5) is 4.97. The molecule has 0 radical (unpaired) electrons. The van der Waals surface area contributed by atoms with Crippen molar-refractivity contribution < 1.29 is 14.7 Å². The van der Waals surface area contributed by atoms with E-state index in [2.05, 4.69) is 17.3 Å². The summed E-state index contributed by atoms with van der Waals surface area (Å²) in [5.74, 6) is 0.481. The van der Waals surface area contributed by atoms with E-state index in [1.165, 1.54) is 0 Å². The number of nitrogens with zero attached hydrogens (tertiary/aromatic N) is 1. The Balaban J connectivity index is 2.08. The van der Waals surface area contributed by atoms with Crippen molar-refractivity contribution in [1.29, 1.82) is 0 Å². The Morgan fingerprint density at radius 3 is 3.07 bits per heavy atom. The zero-order valence-electron chi connectivity index (χ0n) is 9.13. The Bertz CT molecular complexity index is 216. The van der Waals surface area contributed by atoms with Crippen LogP contribution >= 0.6 is 0 Å². The first-order valence-electron chi connectivity index (χ1n) is 5.30. The smallest absolute Gasteiger partial charge is 0.145 e. The summed E-state index contributed by atoms with van der Waals surface area (Å²) >= 11 is 0. The molecule has 0 aromatic rings. The SMILES string of the molecule is COCC(O)CO/N=C/C1CC=CCC1. The highest BCUT2D eigenvalue weighted by molar-refractivity contribution is 5.60. The van der Waals surface area contributed by atoms with Crippen molar-refractivity contribution in [3.05, 3.63) is 12.2 Å². The lowest BCUT2D eigenvalue weighted by Gasteiger charge is -2.12. The van der Waals surface area contributed by atoms with Gasteiger partial charge in [0.2, 0.25) is 0 Å². The Morgan fingerprint density at radius 1 is 1.53 bits per heavy atom. The van der Waals surface area contributed by atoms with E-state index in [0.717, 1.165) is 19.3 Å². The molecule has 0 aromatic heterocycles. The molecule has 2 atom stereocenters. The van der Waals surface area contributed by atoms with E-state index < -0.39 is 6.10 Å². The molecule has 4 heteroatoms. The number of hydrogen-bond acceptors (Lipinski definition) is 4. The van der Waals surface area contributed by atoms with Crippen LogP contribution in [0.15, 0.2) is 17.3 Å². The number of hydrogen-bond donors (Lipinski definition) is 1. The number of aliphatic hydroxyl groups is 1. The van der Waals surface area contributed by atoms with Crippen LogP contribution in [0, 0.1) is 5.92 Å². The van der Waals surface area contributed by atoms with Gasteiger partial charge in [-0.1, -0.05) is 17.3 Å². The van der Waals surface area contributed by atoms with Crippen LogP contribution in [-0.2, 0) is 9.57 Å². The second-order valence-corrected chi connectivity index (χ2v) is 3.70. The van der Waals surface area contributed by atoms with E-state index in [0.29, 0.717) is 5.92 Å². The monoisotopic (exact) mass is 213 g/mol. The molecule has 0 aromatic carbocycles. The zero-order chi connectivity index (χ0) is 10.9. The zero-order valence-corrected chi connectivity index (χ0v) is 9.13. The van der Waals surface area contributed by atoms with Crippen LogP contribution in [0.1, 0.15) is 19.3 Å². The lowest BCUT2D eigenvalue weighted by molar-refractivity contribution is -0.00434. The molecule has 0 saturated carbocycles. The largest absolute Gasteiger partial charge is 0.393 e. The highest BCUT2D eigenvalue weighted by Gasteiger charge is 2.07. The molecule has 0 bridgehead atoms. The minimum Gasteiger partial charge on any atom is -0.393 e. The van der Waals surface area contributed by atoms with Gasteiger partial charge in [0, 0.05) is 19.2 Å². The number of rotatable bonds is 6. The molecule has 0 fully saturated rings.